The van der Waals surface area contributed by atoms with Crippen molar-refractivity contribution in [3.8, 4) is 0 Å². The highest BCUT2D eigenvalue weighted by Gasteiger charge is 2.15. The standard InChI is InChI=1S/C11H10ClN3OS2/c12-8-1-3-9(4-2-8)17-6-5-13-15-11-14-10(16)7-18-11/h1-5H,6-7H2,(H,14,15,16)/b13-5+. The van der Waals surface area contributed by atoms with Crippen LogP contribution in [0.5, 0.6) is 0 Å². The number of amides is 1. The maximum absolute atomic E-state index is 10.9. The molecular weight excluding hydrogens is 290 g/mol. The average Bonchev–Trinajstić information content (AvgIpc) is 2.77. The molecule has 0 unspecified atom stereocenters. The van der Waals surface area contributed by atoms with E-state index in [-0.39, 0.29) is 5.91 Å². The van der Waals surface area contributed by atoms with Gasteiger partial charge in [0.05, 0.1) is 5.75 Å². The van der Waals surface area contributed by atoms with Gasteiger partial charge in [-0.05, 0) is 24.3 Å². The van der Waals surface area contributed by atoms with Crippen molar-refractivity contribution >= 4 is 52.4 Å². The topological polar surface area (TPSA) is 53.8 Å². The second kappa shape index (κ2) is 6.82. The molecule has 1 aliphatic heterocycles. The Kier molecular flexibility index (Phi) is 5.10. The Labute approximate surface area is 118 Å². The molecule has 1 saturated heterocycles. The van der Waals surface area contributed by atoms with Gasteiger partial charge in [0.1, 0.15) is 0 Å². The zero-order valence-electron chi connectivity index (χ0n) is 9.30. The van der Waals surface area contributed by atoms with Crippen LogP contribution < -0.4 is 5.32 Å². The molecule has 94 valence electrons. The van der Waals surface area contributed by atoms with Crippen LogP contribution in [0.3, 0.4) is 0 Å². The fourth-order valence-electron chi connectivity index (χ4n) is 1.17. The summed E-state index contributed by atoms with van der Waals surface area (Å²) in [5.74, 6) is 1.12. The summed E-state index contributed by atoms with van der Waals surface area (Å²) in [7, 11) is 0. The second-order valence-electron chi connectivity index (χ2n) is 3.30. The maximum atomic E-state index is 10.9. The SMILES string of the molecule is O=C1CS/C(=N\N=C\CSc2ccc(Cl)cc2)N1. The molecule has 1 amide bonds. The normalized spacial score (nSPS) is 17.6. The minimum absolute atomic E-state index is 0.0236. The number of rotatable bonds is 4. The predicted octanol–water partition coefficient (Wildman–Crippen LogP) is 2.64. The molecule has 4 nitrogen and oxygen atoms in total. The smallest absolute Gasteiger partial charge is 0.236 e. The van der Waals surface area contributed by atoms with Crippen LogP contribution >= 0.6 is 35.1 Å². The highest BCUT2D eigenvalue weighted by Crippen LogP contribution is 2.19. The van der Waals surface area contributed by atoms with E-state index in [0.717, 1.165) is 15.7 Å². The van der Waals surface area contributed by atoms with Gasteiger partial charge in [-0.3, -0.25) is 4.79 Å². The number of nitrogens with zero attached hydrogens (tertiary/aromatic N) is 2. The molecule has 2 rings (SSSR count). The lowest BCUT2D eigenvalue weighted by Gasteiger charge is -1.96. The van der Waals surface area contributed by atoms with Gasteiger partial charge in [-0.2, -0.15) is 5.10 Å². The molecule has 0 radical (unpaired) electrons. The predicted molar refractivity (Wildman–Crippen MR) is 78.7 cm³/mol. The van der Waals surface area contributed by atoms with Crippen molar-refractivity contribution in [2.75, 3.05) is 11.5 Å². The lowest BCUT2D eigenvalue weighted by atomic mass is 10.4. The first-order chi connectivity index (χ1) is 8.74. The van der Waals surface area contributed by atoms with Crippen molar-refractivity contribution in [3.05, 3.63) is 29.3 Å². The van der Waals surface area contributed by atoms with Gasteiger partial charge in [-0.25, -0.2) is 0 Å². The molecule has 1 N–H and O–H groups in total. The van der Waals surface area contributed by atoms with Gasteiger partial charge in [0.15, 0.2) is 5.17 Å². The number of amidine groups is 1. The summed E-state index contributed by atoms with van der Waals surface area (Å²) in [6, 6.07) is 7.62. The number of hydrogen-bond donors (Lipinski definition) is 1. The first-order valence-corrected chi connectivity index (χ1v) is 7.49. The number of thioether (sulfide) groups is 2. The van der Waals surface area contributed by atoms with Crippen LogP contribution in [0, 0.1) is 0 Å². The Morgan fingerprint density at radius 2 is 2.22 bits per heavy atom. The van der Waals surface area contributed by atoms with E-state index in [1.807, 2.05) is 24.3 Å². The summed E-state index contributed by atoms with van der Waals surface area (Å²) in [5, 5.41) is 11.7. The lowest BCUT2D eigenvalue weighted by Crippen LogP contribution is -2.19. The molecule has 1 aliphatic rings. The van der Waals surface area contributed by atoms with Crippen molar-refractivity contribution in [1.29, 1.82) is 0 Å². The molecule has 0 aliphatic carbocycles. The van der Waals surface area contributed by atoms with Crippen molar-refractivity contribution < 1.29 is 4.79 Å². The summed E-state index contributed by atoms with van der Waals surface area (Å²) < 4.78 is 0. The molecular formula is C11H10ClN3OS2. The van der Waals surface area contributed by atoms with Crippen LogP contribution in [0.4, 0.5) is 0 Å². The quantitative estimate of drug-likeness (QED) is 0.528. The second-order valence-corrected chi connectivity index (χ2v) is 5.80. The molecule has 0 aromatic heterocycles. The van der Waals surface area contributed by atoms with Crippen LogP contribution in [0.2, 0.25) is 5.02 Å². The van der Waals surface area contributed by atoms with E-state index in [9.17, 15) is 4.79 Å². The number of carbonyl (C=O) groups is 1. The first kappa shape index (κ1) is 13.5. The molecule has 1 fully saturated rings. The third-order valence-corrected chi connectivity index (χ3v) is 3.99. The van der Waals surface area contributed by atoms with E-state index in [0.29, 0.717) is 10.9 Å². The van der Waals surface area contributed by atoms with E-state index < -0.39 is 0 Å². The Morgan fingerprint density at radius 1 is 1.44 bits per heavy atom. The number of benzene rings is 1. The summed E-state index contributed by atoms with van der Waals surface area (Å²) in [6.45, 7) is 0. The number of carbonyl (C=O) groups excluding carboxylic acids is 1. The molecule has 1 aromatic rings. The Hall–Kier alpha value is -0.980. The van der Waals surface area contributed by atoms with E-state index >= 15 is 0 Å². The third kappa shape index (κ3) is 4.36. The fourth-order valence-corrected chi connectivity index (χ4v) is 2.59. The van der Waals surface area contributed by atoms with E-state index in [1.54, 1.807) is 18.0 Å². The minimum atomic E-state index is -0.0236. The van der Waals surface area contributed by atoms with Crippen molar-refractivity contribution in [3.63, 3.8) is 0 Å². The van der Waals surface area contributed by atoms with Gasteiger partial charge >= 0.3 is 0 Å². The van der Waals surface area contributed by atoms with E-state index in [4.69, 9.17) is 11.6 Å². The molecule has 18 heavy (non-hydrogen) atoms. The van der Waals surface area contributed by atoms with Gasteiger partial charge in [0.25, 0.3) is 0 Å². The summed E-state index contributed by atoms with van der Waals surface area (Å²) in [4.78, 5) is 12.0. The highest BCUT2D eigenvalue weighted by molar-refractivity contribution is 8.15. The van der Waals surface area contributed by atoms with Gasteiger partial charge in [0.2, 0.25) is 5.91 Å². The molecule has 0 atom stereocenters. The lowest BCUT2D eigenvalue weighted by molar-refractivity contribution is -0.116. The Bertz CT molecular complexity index is 488. The molecule has 1 aromatic carbocycles. The van der Waals surface area contributed by atoms with Crippen LogP contribution in [0.25, 0.3) is 0 Å². The largest absolute Gasteiger partial charge is 0.303 e. The van der Waals surface area contributed by atoms with Gasteiger partial charge in [-0.1, -0.05) is 23.4 Å². The first-order valence-electron chi connectivity index (χ1n) is 5.14. The molecule has 7 heteroatoms. The Balaban J connectivity index is 1.75. The van der Waals surface area contributed by atoms with Crippen molar-refractivity contribution in [1.82, 2.24) is 5.32 Å². The summed E-state index contributed by atoms with van der Waals surface area (Å²) in [6.07, 6.45) is 1.71. The van der Waals surface area contributed by atoms with Gasteiger partial charge in [-0.15, -0.1) is 16.9 Å². The zero-order chi connectivity index (χ0) is 12.8. The Morgan fingerprint density at radius 3 is 2.89 bits per heavy atom. The molecule has 0 saturated carbocycles. The monoisotopic (exact) mass is 299 g/mol. The average molecular weight is 300 g/mol. The van der Waals surface area contributed by atoms with Crippen molar-refractivity contribution in [2.24, 2.45) is 10.2 Å². The van der Waals surface area contributed by atoms with Gasteiger partial charge in [0, 0.05) is 21.9 Å². The van der Waals surface area contributed by atoms with Crippen LogP contribution in [0.1, 0.15) is 0 Å². The maximum Gasteiger partial charge on any atom is 0.236 e. The number of nitrogens with one attached hydrogen (secondary N) is 1. The molecule has 0 spiro atoms. The highest BCUT2D eigenvalue weighted by atomic mass is 35.5. The van der Waals surface area contributed by atoms with E-state index in [2.05, 4.69) is 15.5 Å². The van der Waals surface area contributed by atoms with Crippen LogP contribution in [0.15, 0.2) is 39.4 Å². The molecule has 1 heterocycles. The minimum Gasteiger partial charge on any atom is -0.303 e. The van der Waals surface area contributed by atoms with Crippen LogP contribution in [-0.2, 0) is 4.79 Å². The van der Waals surface area contributed by atoms with Crippen molar-refractivity contribution in [2.45, 2.75) is 4.90 Å². The third-order valence-electron chi connectivity index (χ3n) is 1.95. The fraction of sp³-hybridized carbons (Fsp3) is 0.182. The van der Waals surface area contributed by atoms with Crippen LogP contribution in [-0.4, -0.2) is 28.8 Å². The van der Waals surface area contributed by atoms with E-state index in [1.165, 1.54) is 11.8 Å². The summed E-state index contributed by atoms with van der Waals surface area (Å²) >= 11 is 8.79. The number of halogens is 1. The van der Waals surface area contributed by atoms with Gasteiger partial charge < -0.3 is 5.32 Å². The zero-order valence-corrected chi connectivity index (χ0v) is 11.7. The number of hydrogen-bond acceptors (Lipinski definition) is 5. The summed E-state index contributed by atoms with van der Waals surface area (Å²) in [5.41, 5.74) is 0. The molecule has 0 bridgehead atoms.